The fourth-order valence-electron chi connectivity index (χ4n) is 5.98. The molecule has 6 rings (SSSR count). The number of nitrogen functional groups attached to an aromatic ring is 1. The number of rotatable bonds is 4. The molecular weight excluding hydrogens is 474 g/mol. The van der Waals surface area contributed by atoms with E-state index < -0.39 is 28.8 Å². The molecule has 4 atom stereocenters. The Balaban J connectivity index is 1.67. The number of halogens is 4. The Bertz CT molecular complexity index is 1440. The predicted octanol–water partition coefficient (Wildman–Crippen LogP) is 4.68. The second kappa shape index (κ2) is 7.62. The average molecular weight is 500 g/mol. The molecule has 11 heteroatoms. The first-order chi connectivity index (χ1) is 17.0. The van der Waals surface area contributed by atoms with E-state index in [0.717, 1.165) is 24.8 Å². The maximum atomic E-state index is 16.4. The van der Waals surface area contributed by atoms with Crippen LogP contribution in [0.3, 0.4) is 0 Å². The van der Waals surface area contributed by atoms with Gasteiger partial charge in [0, 0.05) is 16.9 Å². The van der Waals surface area contributed by atoms with Crippen molar-refractivity contribution in [3.05, 3.63) is 34.5 Å². The Kier molecular flexibility index (Phi) is 4.90. The zero-order valence-electron chi connectivity index (χ0n) is 20.0. The van der Waals surface area contributed by atoms with Crippen molar-refractivity contribution in [2.45, 2.75) is 51.2 Å². The molecule has 3 N–H and O–H groups in total. The maximum Gasteiger partial charge on any atom is 0.418 e. The summed E-state index contributed by atoms with van der Waals surface area (Å²) < 4.78 is 60.3. The van der Waals surface area contributed by atoms with Crippen LogP contribution in [0.25, 0.3) is 22.2 Å². The van der Waals surface area contributed by atoms with Crippen LogP contribution in [0.5, 0.6) is 0 Å². The topological polar surface area (TPSA) is 105 Å². The first-order valence-electron chi connectivity index (χ1n) is 12.1. The number of nitrogens with zero attached hydrogens (tertiary/aromatic N) is 5. The number of fused-ring (bicyclic) bond motifs is 2. The van der Waals surface area contributed by atoms with E-state index in [1.54, 1.807) is 0 Å². The standard InChI is InChI=1S/C25H25F4N7/c1-9(2)21-18-23(17-13-7-32-8-14(13)17)35-36(15-4-11(15)6-30)24(18)20(26)22(34-21)12-5-16(31)33-10(3)19(12)25(27,28)29/h5,9,11,13-15,17,32H,4,7-8H2,1-3H3,(H2,31,33). The molecule has 1 saturated heterocycles. The number of alkyl halides is 3. The van der Waals surface area contributed by atoms with E-state index in [1.807, 2.05) is 13.8 Å². The third kappa shape index (κ3) is 3.30. The number of nitrogens with two attached hydrogens (primary N) is 1. The van der Waals surface area contributed by atoms with Gasteiger partial charge in [-0.2, -0.15) is 23.5 Å². The zero-order chi connectivity index (χ0) is 25.7. The lowest BCUT2D eigenvalue weighted by Crippen LogP contribution is -2.15. The Labute approximate surface area is 204 Å². The minimum absolute atomic E-state index is 0.126. The molecule has 0 radical (unpaired) electrons. The van der Waals surface area contributed by atoms with E-state index in [0.29, 0.717) is 29.3 Å². The lowest BCUT2D eigenvalue weighted by Gasteiger charge is -2.18. The lowest BCUT2D eigenvalue weighted by molar-refractivity contribution is -0.137. The summed E-state index contributed by atoms with van der Waals surface area (Å²) >= 11 is 0. The molecule has 4 unspecified atom stereocenters. The van der Waals surface area contributed by atoms with Crippen molar-refractivity contribution in [1.29, 1.82) is 5.26 Å². The van der Waals surface area contributed by atoms with Crippen LogP contribution in [-0.4, -0.2) is 32.8 Å². The van der Waals surface area contributed by atoms with Gasteiger partial charge in [-0.05, 0) is 50.3 Å². The molecule has 7 nitrogen and oxygen atoms in total. The summed E-state index contributed by atoms with van der Waals surface area (Å²) in [6.45, 7) is 6.66. The Hall–Kier alpha value is -3.26. The van der Waals surface area contributed by atoms with Gasteiger partial charge in [-0.15, -0.1) is 0 Å². The third-order valence-corrected chi connectivity index (χ3v) is 7.79. The van der Waals surface area contributed by atoms with Gasteiger partial charge in [0.2, 0.25) is 0 Å². The largest absolute Gasteiger partial charge is 0.418 e. The van der Waals surface area contributed by atoms with E-state index in [4.69, 9.17) is 10.8 Å². The number of hydrogen-bond acceptors (Lipinski definition) is 6. The quantitative estimate of drug-likeness (QED) is 0.505. The van der Waals surface area contributed by atoms with Gasteiger partial charge in [-0.3, -0.25) is 4.68 Å². The summed E-state index contributed by atoms with van der Waals surface area (Å²) in [5.41, 5.74) is 4.91. The van der Waals surface area contributed by atoms with Crippen LogP contribution in [0.2, 0.25) is 0 Å². The molecule has 2 aliphatic carbocycles. The monoisotopic (exact) mass is 499 g/mol. The van der Waals surface area contributed by atoms with Crippen molar-refractivity contribution in [2.75, 3.05) is 18.8 Å². The summed E-state index contributed by atoms with van der Waals surface area (Å²) in [7, 11) is 0. The molecule has 3 fully saturated rings. The van der Waals surface area contributed by atoms with E-state index in [2.05, 4.69) is 21.4 Å². The first-order valence-corrected chi connectivity index (χ1v) is 12.1. The summed E-state index contributed by atoms with van der Waals surface area (Å²) in [5, 5.41) is 18.2. The van der Waals surface area contributed by atoms with Crippen LogP contribution in [0.15, 0.2) is 6.07 Å². The van der Waals surface area contributed by atoms with Gasteiger partial charge in [0.1, 0.15) is 17.0 Å². The molecule has 4 heterocycles. The van der Waals surface area contributed by atoms with Crippen molar-refractivity contribution in [1.82, 2.24) is 25.1 Å². The summed E-state index contributed by atoms with van der Waals surface area (Å²) in [4.78, 5) is 8.30. The van der Waals surface area contributed by atoms with Crippen LogP contribution in [0.4, 0.5) is 23.4 Å². The van der Waals surface area contributed by atoms with Gasteiger partial charge in [0.15, 0.2) is 5.82 Å². The zero-order valence-corrected chi connectivity index (χ0v) is 20.0. The Morgan fingerprint density at radius 2 is 1.92 bits per heavy atom. The molecule has 0 bridgehead atoms. The van der Waals surface area contributed by atoms with Gasteiger partial charge < -0.3 is 11.1 Å². The summed E-state index contributed by atoms with van der Waals surface area (Å²) in [6, 6.07) is 2.92. The molecule has 188 valence electrons. The number of nitrogens with one attached hydrogen (secondary N) is 1. The highest BCUT2D eigenvalue weighted by Crippen LogP contribution is 2.58. The lowest BCUT2D eigenvalue weighted by atomic mass is 9.96. The predicted molar refractivity (Wildman–Crippen MR) is 124 cm³/mol. The smallest absolute Gasteiger partial charge is 0.384 e. The number of nitriles is 1. The van der Waals surface area contributed by atoms with Crippen LogP contribution < -0.4 is 11.1 Å². The number of aryl methyl sites for hydroxylation is 1. The number of aromatic nitrogens is 4. The van der Waals surface area contributed by atoms with Gasteiger partial charge in [-0.25, -0.2) is 14.4 Å². The summed E-state index contributed by atoms with van der Waals surface area (Å²) in [5.74, 6) is -0.624. The van der Waals surface area contributed by atoms with Crippen molar-refractivity contribution in [2.24, 2.45) is 17.8 Å². The SMILES string of the molecule is Cc1nc(N)cc(-c2nc(C(C)C)c3c(C4C5CNCC54)nn(C4CC4C#N)c3c2F)c1C(F)(F)F. The van der Waals surface area contributed by atoms with Crippen molar-refractivity contribution >= 4 is 16.7 Å². The number of pyridine rings is 2. The fourth-order valence-corrected chi connectivity index (χ4v) is 5.98. The van der Waals surface area contributed by atoms with Crippen LogP contribution in [0.1, 0.15) is 60.8 Å². The van der Waals surface area contributed by atoms with Crippen molar-refractivity contribution in [3.8, 4) is 17.3 Å². The van der Waals surface area contributed by atoms with E-state index in [9.17, 15) is 18.4 Å². The number of piperidine rings is 1. The maximum absolute atomic E-state index is 16.4. The van der Waals surface area contributed by atoms with Gasteiger partial charge >= 0.3 is 6.18 Å². The van der Waals surface area contributed by atoms with Crippen molar-refractivity contribution < 1.29 is 17.6 Å². The van der Waals surface area contributed by atoms with Crippen LogP contribution in [0, 0.1) is 41.8 Å². The molecule has 3 aliphatic rings. The average Bonchev–Trinajstić information content (AvgIpc) is 3.61. The van der Waals surface area contributed by atoms with E-state index >= 15 is 4.39 Å². The van der Waals surface area contributed by atoms with Gasteiger partial charge in [-0.1, -0.05) is 13.8 Å². The minimum atomic E-state index is -4.78. The van der Waals surface area contributed by atoms with Crippen molar-refractivity contribution in [3.63, 3.8) is 0 Å². The molecule has 2 saturated carbocycles. The molecular formula is C25H25F4N7. The highest BCUT2D eigenvalue weighted by Gasteiger charge is 2.56. The van der Waals surface area contributed by atoms with Crippen LogP contribution >= 0.6 is 0 Å². The molecule has 1 aliphatic heterocycles. The Morgan fingerprint density at radius 3 is 2.50 bits per heavy atom. The molecule has 0 aromatic carbocycles. The minimum Gasteiger partial charge on any atom is -0.384 e. The normalized spacial score (nSPS) is 26.9. The molecule has 36 heavy (non-hydrogen) atoms. The molecule has 0 amide bonds. The summed E-state index contributed by atoms with van der Waals surface area (Å²) in [6.07, 6.45) is -4.26. The van der Waals surface area contributed by atoms with Gasteiger partial charge in [0.05, 0.1) is 40.7 Å². The van der Waals surface area contributed by atoms with Gasteiger partial charge in [0.25, 0.3) is 0 Å². The molecule has 0 spiro atoms. The van der Waals surface area contributed by atoms with Crippen LogP contribution in [-0.2, 0) is 6.18 Å². The number of anilines is 1. The first kappa shape index (κ1) is 23.2. The number of hydrogen-bond donors (Lipinski definition) is 2. The third-order valence-electron chi connectivity index (χ3n) is 7.79. The molecule has 3 aromatic rings. The fraction of sp³-hybridized carbons (Fsp3) is 0.520. The highest BCUT2D eigenvalue weighted by molar-refractivity contribution is 5.90. The van der Waals surface area contributed by atoms with E-state index in [-0.39, 0.29) is 40.8 Å². The van der Waals surface area contributed by atoms with E-state index in [1.165, 1.54) is 11.6 Å². The highest BCUT2D eigenvalue weighted by atomic mass is 19.4. The molecule has 3 aromatic heterocycles. The Morgan fingerprint density at radius 1 is 1.22 bits per heavy atom. The second-order valence-electron chi connectivity index (χ2n) is 10.5. The second-order valence-corrected chi connectivity index (χ2v) is 10.5.